The summed E-state index contributed by atoms with van der Waals surface area (Å²) in [5.74, 6) is 2.70. The van der Waals surface area contributed by atoms with E-state index in [-0.39, 0.29) is 0 Å². The molecule has 1 aromatic heterocycles. The van der Waals surface area contributed by atoms with Crippen molar-refractivity contribution in [2.75, 3.05) is 56.6 Å². The zero-order valence-corrected chi connectivity index (χ0v) is 25.7. The molecule has 220 valence electrons. The van der Waals surface area contributed by atoms with Gasteiger partial charge in [0.25, 0.3) is 0 Å². The van der Waals surface area contributed by atoms with Crippen LogP contribution in [-0.2, 0) is 0 Å². The van der Waals surface area contributed by atoms with Crippen LogP contribution in [0.15, 0.2) is 18.2 Å². The molecule has 3 aliphatic rings. The Hall–Kier alpha value is -2.38. The Balaban J connectivity index is 1.39. The van der Waals surface area contributed by atoms with Crippen molar-refractivity contribution in [2.45, 2.75) is 103 Å². The number of hydrogen-bond donors (Lipinski definition) is 1. The molecule has 40 heavy (non-hydrogen) atoms. The van der Waals surface area contributed by atoms with Crippen molar-refractivity contribution in [3.63, 3.8) is 0 Å². The van der Waals surface area contributed by atoms with Crippen LogP contribution in [-0.4, -0.2) is 83.8 Å². The highest BCUT2D eigenvalue weighted by Gasteiger charge is 2.28. The van der Waals surface area contributed by atoms with Gasteiger partial charge in [0.1, 0.15) is 11.6 Å². The van der Waals surface area contributed by atoms with Crippen LogP contribution in [0, 0.1) is 0 Å². The average molecular weight is 549 g/mol. The molecule has 0 bridgehead atoms. The molecule has 0 saturated carbocycles. The highest BCUT2D eigenvalue weighted by atomic mass is 16.5. The second-order valence-corrected chi connectivity index (χ2v) is 13.0. The standard InChI is InChI=1S/C33H52N6O/c1-25(2)37-21-14-27(15-22-37)34-31-28-24-30(40-5)26(13-7-11-19-39-20-12-8-16-33(39,3)4)23-29(28)35-32(36-31)38-17-9-6-10-18-38/h7,13,23-25,27H,6,8-12,14-22H2,1-5H3,(H,34,35,36)/b13-7+. The number of nitrogens with zero attached hydrogens (tertiary/aromatic N) is 5. The summed E-state index contributed by atoms with van der Waals surface area (Å²) in [4.78, 5) is 17.8. The second-order valence-electron chi connectivity index (χ2n) is 13.0. The van der Waals surface area contributed by atoms with Crippen molar-refractivity contribution >= 4 is 28.7 Å². The molecule has 0 aliphatic carbocycles. The summed E-state index contributed by atoms with van der Waals surface area (Å²) in [6.45, 7) is 16.0. The van der Waals surface area contributed by atoms with E-state index in [1.807, 2.05) is 0 Å². The molecular weight excluding hydrogens is 496 g/mol. The summed E-state index contributed by atoms with van der Waals surface area (Å²) in [6, 6.07) is 5.38. The van der Waals surface area contributed by atoms with Crippen LogP contribution < -0.4 is 15.0 Å². The summed E-state index contributed by atoms with van der Waals surface area (Å²) in [7, 11) is 1.77. The lowest BCUT2D eigenvalue weighted by atomic mass is 9.90. The molecule has 3 aliphatic heterocycles. The average Bonchev–Trinajstić information content (AvgIpc) is 2.96. The van der Waals surface area contributed by atoms with E-state index < -0.39 is 0 Å². The molecule has 5 rings (SSSR count). The summed E-state index contributed by atoms with van der Waals surface area (Å²) in [5, 5.41) is 4.90. The molecule has 0 unspecified atom stereocenters. The SMILES string of the molecule is COc1cc2c(NC3CCN(C(C)C)CC3)nc(N3CCCCC3)nc2cc1/C=C/CCN1CCCCC1(C)C. The molecule has 1 aromatic carbocycles. The van der Waals surface area contributed by atoms with Gasteiger partial charge in [0, 0.05) is 61.3 Å². The molecule has 0 spiro atoms. The fraction of sp³-hybridized carbons (Fsp3) is 0.697. The smallest absolute Gasteiger partial charge is 0.227 e. The highest BCUT2D eigenvalue weighted by Crippen LogP contribution is 2.33. The number of aromatic nitrogens is 2. The van der Waals surface area contributed by atoms with Crippen LogP contribution in [0.1, 0.15) is 91.0 Å². The van der Waals surface area contributed by atoms with Crippen LogP contribution in [0.25, 0.3) is 17.0 Å². The van der Waals surface area contributed by atoms with Crippen molar-refractivity contribution < 1.29 is 4.74 Å². The van der Waals surface area contributed by atoms with Crippen LogP contribution in [0.4, 0.5) is 11.8 Å². The Labute approximate surface area is 242 Å². The van der Waals surface area contributed by atoms with E-state index in [0.717, 1.165) is 86.0 Å². The predicted molar refractivity (Wildman–Crippen MR) is 169 cm³/mol. The van der Waals surface area contributed by atoms with Crippen molar-refractivity contribution in [1.82, 2.24) is 19.8 Å². The Morgan fingerprint density at radius 1 is 1.00 bits per heavy atom. The van der Waals surface area contributed by atoms with Crippen LogP contribution in [0.5, 0.6) is 5.75 Å². The van der Waals surface area contributed by atoms with E-state index in [2.05, 4.69) is 72.0 Å². The Morgan fingerprint density at radius 3 is 2.45 bits per heavy atom. The number of likely N-dealkylation sites (tertiary alicyclic amines) is 2. The van der Waals surface area contributed by atoms with Gasteiger partial charge in [-0.1, -0.05) is 18.6 Å². The molecule has 0 atom stereocenters. The minimum atomic E-state index is 0.309. The molecule has 0 radical (unpaired) electrons. The topological polar surface area (TPSA) is 56.8 Å². The first-order valence-corrected chi connectivity index (χ1v) is 15.9. The maximum Gasteiger partial charge on any atom is 0.227 e. The van der Waals surface area contributed by atoms with Gasteiger partial charge in [0.15, 0.2) is 0 Å². The number of fused-ring (bicyclic) bond motifs is 1. The summed E-state index contributed by atoms with van der Waals surface area (Å²) >= 11 is 0. The molecular formula is C33H52N6O. The highest BCUT2D eigenvalue weighted by molar-refractivity contribution is 5.93. The molecule has 4 heterocycles. The first-order valence-electron chi connectivity index (χ1n) is 15.9. The first-order chi connectivity index (χ1) is 19.3. The normalized spacial score (nSPS) is 21.5. The van der Waals surface area contributed by atoms with Gasteiger partial charge in [-0.05, 0) is 97.7 Å². The lowest BCUT2D eigenvalue weighted by Gasteiger charge is -2.42. The van der Waals surface area contributed by atoms with E-state index in [9.17, 15) is 0 Å². The van der Waals surface area contributed by atoms with E-state index in [0.29, 0.717) is 17.6 Å². The minimum absolute atomic E-state index is 0.309. The Kier molecular flexibility index (Phi) is 9.52. The van der Waals surface area contributed by atoms with Crippen molar-refractivity contribution in [3.05, 3.63) is 23.8 Å². The van der Waals surface area contributed by atoms with Crippen LogP contribution in [0.3, 0.4) is 0 Å². The molecule has 3 saturated heterocycles. The maximum absolute atomic E-state index is 5.90. The van der Waals surface area contributed by atoms with E-state index in [4.69, 9.17) is 14.7 Å². The summed E-state index contributed by atoms with van der Waals surface area (Å²) in [5.41, 5.74) is 2.39. The zero-order chi connectivity index (χ0) is 28.1. The zero-order valence-electron chi connectivity index (χ0n) is 25.7. The fourth-order valence-electron chi connectivity index (χ4n) is 6.74. The lowest BCUT2D eigenvalue weighted by molar-refractivity contribution is 0.0792. The predicted octanol–water partition coefficient (Wildman–Crippen LogP) is 6.58. The van der Waals surface area contributed by atoms with Gasteiger partial charge in [-0.3, -0.25) is 4.90 Å². The Bertz CT molecular complexity index is 1150. The summed E-state index contributed by atoms with van der Waals surface area (Å²) < 4.78 is 5.90. The number of hydrogen-bond acceptors (Lipinski definition) is 7. The molecule has 1 N–H and O–H groups in total. The number of anilines is 2. The summed E-state index contributed by atoms with van der Waals surface area (Å²) in [6.07, 6.45) is 15.5. The second kappa shape index (κ2) is 13.1. The van der Waals surface area contributed by atoms with Crippen molar-refractivity contribution in [2.24, 2.45) is 0 Å². The third kappa shape index (κ3) is 6.91. The third-order valence-electron chi connectivity index (χ3n) is 9.46. The van der Waals surface area contributed by atoms with E-state index in [1.165, 1.54) is 45.1 Å². The minimum Gasteiger partial charge on any atom is -0.496 e. The van der Waals surface area contributed by atoms with Gasteiger partial charge in [-0.25, -0.2) is 4.98 Å². The third-order valence-corrected chi connectivity index (χ3v) is 9.46. The number of nitrogens with one attached hydrogen (secondary N) is 1. The quantitative estimate of drug-likeness (QED) is 0.380. The van der Waals surface area contributed by atoms with Crippen LogP contribution in [0.2, 0.25) is 0 Å². The van der Waals surface area contributed by atoms with Gasteiger partial charge in [0.2, 0.25) is 5.95 Å². The molecule has 2 aromatic rings. The van der Waals surface area contributed by atoms with Crippen molar-refractivity contribution in [1.29, 1.82) is 0 Å². The number of benzene rings is 1. The van der Waals surface area contributed by atoms with Gasteiger partial charge in [0.05, 0.1) is 12.6 Å². The van der Waals surface area contributed by atoms with Gasteiger partial charge < -0.3 is 19.9 Å². The van der Waals surface area contributed by atoms with E-state index in [1.54, 1.807) is 7.11 Å². The van der Waals surface area contributed by atoms with Crippen molar-refractivity contribution in [3.8, 4) is 5.75 Å². The van der Waals surface area contributed by atoms with E-state index >= 15 is 0 Å². The van der Waals surface area contributed by atoms with Gasteiger partial charge in [-0.15, -0.1) is 0 Å². The fourth-order valence-corrected chi connectivity index (χ4v) is 6.74. The molecule has 7 nitrogen and oxygen atoms in total. The van der Waals surface area contributed by atoms with Crippen LogP contribution >= 0.6 is 0 Å². The van der Waals surface area contributed by atoms with Gasteiger partial charge >= 0.3 is 0 Å². The van der Waals surface area contributed by atoms with Gasteiger partial charge in [-0.2, -0.15) is 4.98 Å². The largest absolute Gasteiger partial charge is 0.496 e. The monoisotopic (exact) mass is 548 g/mol. The lowest BCUT2D eigenvalue weighted by Crippen LogP contribution is -2.47. The molecule has 0 amide bonds. The molecule has 3 fully saturated rings. The number of rotatable bonds is 9. The number of methoxy groups -OCH3 is 1. The first kappa shape index (κ1) is 29.1. The Morgan fingerprint density at radius 2 is 1.75 bits per heavy atom. The number of ether oxygens (including phenoxy) is 1. The number of piperidine rings is 3. The molecule has 7 heteroatoms. The maximum atomic E-state index is 5.90.